The first-order chi connectivity index (χ1) is 12.1. The highest BCUT2D eigenvalue weighted by molar-refractivity contribution is 5.95. The molecule has 0 spiro atoms. The molecule has 1 unspecified atom stereocenters. The number of hydrogen-bond acceptors (Lipinski definition) is 4. The molecule has 25 heavy (non-hydrogen) atoms. The van der Waals surface area contributed by atoms with Gasteiger partial charge in [0.15, 0.2) is 6.10 Å². The number of aryl methyl sites for hydroxylation is 1. The van der Waals surface area contributed by atoms with Crippen LogP contribution in [0.1, 0.15) is 21.7 Å². The fourth-order valence-corrected chi connectivity index (χ4v) is 3.11. The maximum Gasteiger partial charge on any atom is 0.339 e. The maximum absolute atomic E-state index is 12.4. The Morgan fingerprint density at radius 1 is 1.24 bits per heavy atom. The van der Waals surface area contributed by atoms with Crippen LogP contribution in [0.5, 0.6) is 0 Å². The SMILES string of the molecule is Cn1c(CNC(=O)C2Cc3ccccc3C(=O)O2)nc2ccccc21. The Morgan fingerprint density at radius 2 is 2.00 bits per heavy atom. The van der Waals surface area contributed by atoms with Crippen molar-refractivity contribution in [1.82, 2.24) is 14.9 Å². The molecule has 0 fully saturated rings. The zero-order valence-corrected chi connectivity index (χ0v) is 13.7. The van der Waals surface area contributed by atoms with Crippen molar-refractivity contribution in [3.8, 4) is 0 Å². The molecule has 0 saturated heterocycles. The number of hydrogen-bond donors (Lipinski definition) is 1. The summed E-state index contributed by atoms with van der Waals surface area (Å²) >= 11 is 0. The lowest BCUT2D eigenvalue weighted by molar-refractivity contribution is -0.130. The Labute approximate surface area is 144 Å². The van der Waals surface area contributed by atoms with Gasteiger partial charge in [-0.3, -0.25) is 4.79 Å². The van der Waals surface area contributed by atoms with Crippen molar-refractivity contribution in [2.75, 3.05) is 0 Å². The van der Waals surface area contributed by atoms with Crippen LogP contribution in [0.2, 0.25) is 0 Å². The molecule has 1 N–H and O–H groups in total. The lowest BCUT2D eigenvalue weighted by atomic mass is 9.98. The average molecular weight is 335 g/mol. The maximum atomic E-state index is 12.4. The van der Waals surface area contributed by atoms with Crippen molar-refractivity contribution < 1.29 is 14.3 Å². The summed E-state index contributed by atoms with van der Waals surface area (Å²) in [7, 11) is 1.91. The van der Waals surface area contributed by atoms with Crippen molar-refractivity contribution in [3.05, 3.63) is 65.5 Å². The van der Waals surface area contributed by atoms with E-state index in [2.05, 4.69) is 10.3 Å². The van der Waals surface area contributed by atoms with Crippen molar-refractivity contribution in [2.45, 2.75) is 19.1 Å². The van der Waals surface area contributed by atoms with Gasteiger partial charge in [-0.05, 0) is 23.8 Å². The number of esters is 1. The number of carbonyl (C=O) groups is 2. The van der Waals surface area contributed by atoms with E-state index in [0.717, 1.165) is 22.4 Å². The molecular weight excluding hydrogens is 318 g/mol. The third-order valence-electron chi connectivity index (χ3n) is 4.48. The second kappa shape index (κ2) is 6.05. The quantitative estimate of drug-likeness (QED) is 0.743. The molecule has 2 heterocycles. The number of aromatic nitrogens is 2. The number of benzene rings is 2. The van der Waals surface area contributed by atoms with Crippen LogP contribution >= 0.6 is 0 Å². The highest BCUT2D eigenvalue weighted by Gasteiger charge is 2.31. The zero-order chi connectivity index (χ0) is 17.4. The number of rotatable bonds is 3. The van der Waals surface area contributed by atoms with Crippen molar-refractivity contribution in [3.63, 3.8) is 0 Å². The first kappa shape index (κ1) is 15.4. The smallest absolute Gasteiger partial charge is 0.339 e. The number of fused-ring (bicyclic) bond motifs is 2. The summed E-state index contributed by atoms with van der Waals surface area (Å²) in [5.74, 6) is -0.0169. The van der Waals surface area contributed by atoms with Gasteiger partial charge in [-0.2, -0.15) is 0 Å². The summed E-state index contributed by atoms with van der Waals surface area (Å²) in [5, 5.41) is 2.82. The number of amides is 1. The van der Waals surface area contributed by atoms with Crippen LogP contribution in [0.15, 0.2) is 48.5 Å². The van der Waals surface area contributed by atoms with Crippen LogP contribution in [-0.4, -0.2) is 27.5 Å². The summed E-state index contributed by atoms with van der Waals surface area (Å²) in [5.41, 5.74) is 3.25. The van der Waals surface area contributed by atoms with Crippen LogP contribution in [0.3, 0.4) is 0 Å². The fourth-order valence-electron chi connectivity index (χ4n) is 3.11. The van der Waals surface area contributed by atoms with E-state index in [9.17, 15) is 9.59 Å². The second-order valence-corrected chi connectivity index (χ2v) is 6.05. The monoisotopic (exact) mass is 335 g/mol. The number of carbonyl (C=O) groups excluding carboxylic acids is 2. The Kier molecular flexibility index (Phi) is 3.72. The van der Waals surface area contributed by atoms with Gasteiger partial charge >= 0.3 is 5.97 Å². The number of nitrogens with zero attached hydrogens (tertiary/aromatic N) is 2. The zero-order valence-electron chi connectivity index (χ0n) is 13.7. The van der Waals surface area contributed by atoms with Crippen molar-refractivity contribution in [1.29, 1.82) is 0 Å². The summed E-state index contributed by atoms with van der Waals surface area (Å²) in [6.45, 7) is 0.277. The minimum absolute atomic E-state index is 0.277. The summed E-state index contributed by atoms with van der Waals surface area (Å²) < 4.78 is 7.22. The van der Waals surface area contributed by atoms with E-state index in [0.29, 0.717) is 12.0 Å². The van der Waals surface area contributed by atoms with E-state index in [1.165, 1.54) is 0 Å². The van der Waals surface area contributed by atoms with Crippen molar-refractivity contribution in [2.24, 2.45) is 7.05 Å². The topological polar surface area (TPSA) is 73.2 Å². The Bertz CT molecular complexity index is 977. The van der Waals surface area contributed by atoms with Crippen LogP contribution in [0.25, 0.3) is 11.0 Å². The van der Waals surface area contributed by atoms with Gasteiger partial charge in [0.1, 0.15) is 5.82 Å². The molecule has 1 atom stereocenters. The standard InChI is InChI=1S/C19H17N3O3/c1-22-15-9-5-4-8-14(15)21-17(22)11-20-18(23)16-10-12-6-2-3-7-13(12)19(24)25-16/h2-9,16H,10-11H2,1H3,(H,20,23). The molecule has 0 aliphatic carbocycles. The molecule has 4 rings (SSSR count). The van der Waals surface area contributed by atoms with Gasteiger partial charge in [0, 0.05) is 13.5 Å². The second-order valence-electron chi connectivity index (χ2n) is 6.05. The van der Waals surface area contributed by atoms with Crippen LogP contribution < -0.4 is 5.32 Å². The molecule has 0 bridgehead atoms. The van der Waals surface area contributed by atoms with E-state index in [-0.39, 0.29) is 12.5 Å². The number of nitrogens with one attached hydrogen (secondary N) is 1. The van der Waals surface area contributed by atoms with E-state index in [1.54, 1.807) is 12.1 Å². The molecule has 126 valence electrons. The first-order valence-corrected chi connectivity index (χ1v) is 8.10. The molecular formula is C19H17N3O3. The molecule has 0 saturated carbocycles. The number of cyclic esters (lactones) is 1. The number of ether oxygens (including phenoxy) is 1. The molecule has 3 aromatic rings. The van der Waals surface area contributed by atoms with Gasteiger partial charge in [-0.25, -0.2) is 9.78 Å². The lowest BCUT2D eigenvalue weighted by Crippen LogP contribution is -2.41. The third-order valence-corrected chi connectivity index (χ3v) is 4.48. The molecule has 6 heteroatoms. The lowest BCUT2D eigenvalue weighted by Gasteiger charge is -2.23. The van der Waals surface area contributed by atoms with Crippen LogP contribution in [0, 0.1) is 0 Å². The van der Waals surface area contributed by atoms with Gasteiger partial charge < -0.3 is 14.6 Å². The molecule has 1 aliphatic rings. The van der Waals surface area contributed by atoms with Gasteiger partial charge in [-0.15, -0.1) is 0 Å². The molecule has 1 aromatic heterocycles. The fraction of sp³-hybridized carbons (Fsp3) is 0.211. The average Bonchev–Trinajstić information content (AvgIpc) is 2.96. The Balaban J connectivity index is 1.47. The van der Waals surface area contributed by atoms with E-state index in [1.807, 2.05) is 48.0 Å². The molecule has 2 aromatic carbocycles. The van der Waals surface area contributed by atoms with E-state index >= 15 is 0 Å². The largest absolute Gasteiger partial charge is 0.448 e. The number of imidazole rings is 1. The van der Waals surface area contributed by atoms with E-state index in [4.69, 9.17) is 4.74 Å². The van der Waals surface area contributed by atoms with Crippen LogP contribution in [-0.2, 0) is 29.5 Å². The molecule has 0 radical (unpaired) electrons. The molecule has 1 aliphatic heterocycles. The number of para-hydroxylation sites is 2. The molecule has 6 nitrogen and oxygen atoms in total. The van der Waals surface area contributed by atoms with Gasteiger partial charge in [-0.1, -0.05) is 30.3 Å². The minimum atomic E-state index is -0.808. The van der Waals surface area contributed by atoms with Gasteiger partial charge in [0.2, 0.25) is 0 Å². The summed E-state index contributed by atoms with van der Waals surface area (Å²) in [4.78, 5) is 29.0. The summed E-state index contributed by atoms with van der Waals surface area (Å²) in [6, 6.07) is 15.0. The van der Waals surface area contributed by atoms with Gasteiger partial charge in [0.05, 0.1) is 23.1 Å². The highest BCUT2D eigenvalue weighted by Crippen LogP contribution is 2.20. The first-order valence-electron chi connectivity index (χ1n) is 8.10. The summed E-state index contributed by atoms with van der Waals surface area (Å²) in [6.07, 6.45) is -0.423. The van der Waals surface area contributed by atoms with Crippen LogP contribution in [0.4, 0.5) is 0 Å². The Hall–Kier alpha value is -3.15. The van der Waals surface area contributed by atoms with Crippen molar-refractivity contribution >= 4 is 22.9 Å². The minimum Gasteiger partial charge on any atom is -0.448 e. The Morgan fingerprint density at radius 3 is 2.84 bits per heavy atom. The predicted octanol–water partition coefficient (Wildman–Crippen LogP) is 1.97. The van der Waals surface area contributed by atoms with Gasteiger partial charge in [0.25, 0.3) is 5.91 Å². The predicted molar refractivity (Wildman–Crippen MR) is 91.9 cm³/mol. The highest BCUT2D eigenvalue weighted by atomic mass is 16.5. The third kappa shape index (κ3) is 2.76. The van der Waals surface area contributed by atoms with E-state index < -0.39 is 12.1 Å². The normalized spacial score (nSPS) is 16.4. The molecule has 1 amide bonds.